The number of carboxylic acids is 1. The van der Waals surface area contributed by atoms with Gasteiger partial charge in [-0.05, 0) is 32.1 Å². The summed E-state index contributed by atoms with van der Waals surface area (Å²) >= 11 is 0. The van der Waals surface area contributed by atoms with E-state index in [1.54, 1.807) is 0 Å². The van der Waals surface area contributed by atoms with E-state index in [0.29, 0.717) is 32.1 Å². The van der Waals surface area contributed by atoms with Crippen LogP contribution in [0.15, 0.2) is 0 Å². The summed E-state index contributed by atoms with van der Waals surface area (Å²) in [7, 11) is 0. The molecule has 0 bridgehead atoms. The van der Waals surface area contributed by atoms with E-state index in [1.807, 2.05) is 6.92 Å². The Morgan fingerprint density at radius 1 is 0.475 bits per heavy atom. The molecule has 8 heteroatoms. The first kappa shape index (κ1) is 37.9. The monoisotopic (exact) mass is 570 g/mol. The van der Waals surface area contributed by atoms with Gasteiger partial charge < -0.3 is 19.3 Å². The highest BCUT2D eigenvalue weighted by Crippen LogP contribution is 2.25. The Labute approximate surface area is 243 Å². The van der Waals surface area contributed by atoms with Crippen LogP contribution >= 0.6 is 0 Å². The van der Waals surface area contributed by atoms with E-state index in [0.717, 1.165) is 38.5 Å². The molecule has 0 heterocycles. The Morgan fingerprint density at radius 2 is 0.775 bits per heavy atom. The summed E-state index contributed by atoms with van der Waals surface area (Å²) in [4.78, 5) is 47.8. The largest absolute Gasteiger partial charge is 0.481 e. The van der Waals surface area contributed by atoms with Crippen molar-refractivity contribution in [2.24, 2.45) is 5.41 Å². The lowest BCUT2D eigenvalue weighted by Gasteiger charge is -2.31. The zero-order valence-corrected chi connectivity index (χ0v) is 25.8. The molecule has 0 saturated heterocycles. The van der Waals surface area contributed by atoms with E-state index in [2.05, 4.69) is 13.8 Å². The van der Waals surface area contributed by atoms with E-state index in [1.165, 1.54) is 51.4 Å². The zero-order chi connectivity index (χ0) is 29.9. The molecule has 0 aromatic heterocycles. The summed E-state index contributed by atoms with van der Waals surface area (Å²) in [6.45, 7) is 6.26. The van der Waals surface area contributed by atoms with E-state index in [4.69, 9.17) is 19.3 Å². The first-order valence-corrected chi connectivity index (χ1v) is 16.0. The minimum Gasteiger partial charge on any atom is -0.481 e. The predicted molar refractivity (Wildman–Crippen MR) is 157 cm³/mol. The molecule has 8 nitrogen and oxygen atoms in total. The van der Waals surface area contributed by atoms with Crippen molar-refractivity contribution in [2.45, 2.75) is 156 Å². The van der Waals surface area contributed by atoms with Crippen LogP contribution in [0.5, 0.6) is 0 Å². The fourth-order valence-corrected chi connectivity index (χ4v) is 4.35. The van der Waals surface area contributed by atoms with Gasteiger partial charge in [-0.25, -0.2) is 0 Å². The minimum atomic E-state index is -0.894. The Kier molecular flexibility index (Phi) is 24.5. The molecule has 0 rings (SSSR count). The summed E-state index contributed by atoms with van der Waals surface area (Å²) in [5, 5.41) is 8.75. The van der Waals surface area contributed by atoms with Crippen LogP contribution in [0.1, 0.15) is 156 Å². The number of ether oxygens (including phenoxy) is 3. The van der Waals surface area contributed by atoms with Crippen LogP contribution in [0.2, 0.25) is 0 Å². The summed E-state index contributed by atoms with van der Waals surface area (Å²) in [6, 6.07) is 0. The number of esters is 3. The van der Waals surface area contributed by atoms with Gasteiger partial charge >= 0.3 is 23.9 Å². The maximum Gasteiger partial charge on any atom is 0.305 e. The van der Waals surface area contributed by atoms with Crippen molar-refractivity contribution in [1.82, 2.24) is 0 Å². The topological polar surface area (TPSA) is 116 Å². The average molecular weight is 571 g/mol. The predicted octanol–water partition coefficient (Wildman–Crippen LogP) is 7.94. The highest BCUT2D eigenvalue weighted by molar-refractivity contribution is 5.70. The molecule has 1 unspecified atom stereocenters. The van der Waals surface area contributed by atoms with Crippen molar-refractivity contribution in [2.75, 3.05) is 19.8 Å². The average Bonchev–Trinajstić information content (AvgIpc) is 2.94. The molecule has 1 atom stereocenters. The fraction of sp³-hybridized carbons (Fsp3) is 0.875. The lowest BCUT2D eigenvalue weighted by Crippen LogP contribution is -2.39. The molecule has 0 aromatic carbocycles. The van der Waals surface area contributed by atoms with Crippen LogP contribution in [0, 0.1) is 5.41 Å². The number of carboxylic acid groups (broad SMARTS) is 1. The molecule has 0 aromatic rings. The van der Waals surface area contributed by atoms with E-state index < -0.39 is 17.4 Å². The third kappa shape index (κ3) is 22.7. The van der Waals surface area contributed by atoms with Crippen molar-refractivity contribution in [3.8, 4) is 0 Å². The molecule has 0 aliphatic rings. The normalized spacial score (nSPS) is 12.5. The number of unbranched alkanes of at least 4 members (excludes halogenated alkanes) is 13. The van der Waals surface area contributed by atoms with Crippen LogP contribution in [-0.4, -0.2) is 48.8 Å². The van der Waals surface area contributed by atoms with Gasteiger partial charge in [-0.15, -0.1) is 0 Å². The lowest BCUT2D eigenvalue weighted by atomic mass is 9.88. The number of aliphatic carboxylic acids is 1. The quantitative estimate of drug-likeness (QED) is 0.0572. The highest BCUT2D eigenvalue weighted by atomic mass is 16.6. The molecule has 0 aliphatic heterocycles. The van der Waals surface area contributed by atoms with Crippen molar-refractivity contribution >= 4 is 23.9 Å². The number of carbonyl (C=O) groups excluding carboxylic acids is 3. The second-order valence-electron chi connectivity index (χ2n) is 11.2. The molecule has 234 valence electrons. The second-order valence-corrected chi connectivity index (χ2v) is 11.2. The third-order valence-corrected chi connectivity index (χ3v) is 7.36. The Hall–Kier alpha value is -2.12. The summed E-state index contributed by atoms with van der Waals surface area (Å²) in [5.41, 5.74) is -0.817. The van der Waals surface area contributed by atoms with Crippen LogP contribution in [0.4, 0.5) is 0 Å². The Morgan fingerprint density at radius 3 is 1.10 bits per heavy atom. The van der Waals surface area contributed by atoms with Gasteiger partial charge in [-0.3, -0.25) is 19.2 Å². The molecule has 0 saturated carbocycles. The van der Waals surface area contributed by atoms with E-state index in [9.17, 15) is 19.2 Å². The maximum atomic E-state index is 12.4. The van der Waals surface area contributed by atoms with Gasteiger partial charge in [-0.1, -0.05) is 97.8 Å². The van der Waals surface area contributed by atoms with Crippen molar-refractivity contribution in [3.05, 3.63) is 0 Å². The van der Waals surface area contributed by atoms with Crippen LogP contribution in [0.3, 0.4) is 0 Å². The molecular formula is C32H58O8. The zero-order valence-electron chi connectivity index (χ0n) is 25.8. The standard InChI is InChI=1S/C32H58O8/c1-4-7-9-11-13-14-16-18-23-30(36)39-26-32(6-3,27-40-31(37)24-20-19-21-28(33)34)25-38-29(35)22-17-15-12-10-8-5-2/h4-27H2,1-3H3,(H,33,34). The molecule has 0 fully saturated rings. The van der Waals surface area contributed by atoms with Crippen LogP contribution in [0.25, 0.3) is 0 Å². The molecule has 0 aliphatic carbocycles. The third-order valence-electron chi connectivity index (χ3n) is 7.36. The number of hydrogen-bond acceptors (Lipinski definition) is 7. The van der Waals surface area contributed by atoms with Gasteiger partial charge in [0.1, 0.15) is 19.8 Å². The van der Waals surface area contributed by atoms with Gasteiger partial charge in [0.05, 0.1) is 5.41 Å². The number of hydrogen-bond donors (Lipinski definition) is 1. The highest BCUT2D eigenvalue weighted by Gasteiger charge is 2.34. The molecule has 0 radical (unpaired) electrons. The summed E-state index contributed by atoms with van der Waals surface area (Å²) in [6.07, 6.45) is 17.7. The molecule has 40 heavy (non-hydrogen) atoms. The maximum absolute atomic E-state index is 12.4. The summed E-state index contributed by atoms with van der Waals surface area (Å²) < 4.78 is 16.7. The van der Waals surface area contributed by atoms with Crippen molar-refractivity contribution in [3.63, 3.8) is 0 Å². The van der Waals surface area contributed by atoms with Crippen LogP contribution < -0.4 is 0 Å². The first-order valence-electron chi connectivity index (χ1n) is 16.0. The minimum absolute atomic E-state index is 0.00943. The van der Waals surface area contributed by atoms with Gasteiger partial charge in [0, 0.05) is 25.7 Å². The van der Waals surface area contributed by atoms with Crippen molar-refractivity contribution < 1.29 is 38.5 Å². The van der Waals surface area contributed by atoms with Gasteiger partial charge in [0.2, 0.25) is 0 Å². The first-order chi connectivity index (χ1) is 19.3. The molecular weight excluding hydrogens is 512 g/mol. The van der Waals surface area contributed by atoms with E-state index in [-0.39, 0.29) is 44.6 Å². The lowest BCUT2D eigenvalue weighted by molar-refractivity contribution is -0.162. The van der Waals surface area contributed by atoms with Gasteiger partial charge in [-0.2, -0.15) is 0 Å². The SMILES string of the molecule is CCCCCCCCCCC(=O)OCC(CC)(COC(=O)CCCCCCCC)COC(=O)CCCCC(=O)O. The Balaban J connectivity index is 4.72. The van der Waals surface area contributed by atoms with Crippen LogP contribution in [-0.2, 0) is 33.4 Å². The van der Waals surface area contributed by atoms with Gasteiger partial charge in [0.15, 0.2) is 0 Å². The summed E-state index contributed by atoms with van der Waals surface area (Å²) in [5.74, 6) is -1.91. The smallest absolute Gasteiger partial charge is 0.305 e. The molecule has 0 amide bonds. The van der Waals surface area contributed by atoms with Gasteiger partial charge in [0.25, 0.3) is 0 Å². The number of rotatable bonds is 28. The fourth-order valence-electron chi connectivity index (χ4n) is 4.35. The van der Waals surface area contributed by atoms with Crippen molar-refractivity contribution in [1.29, 1.82) is 0 Å². The second kappa shape index (κ2) is 25.8. The Bertz CT molecular complexity index is 678. The molecule has 0 spiro atoms. The molecule has 1 N–H and O–H groups in total. The van der Waals surface area contributed by atoms with E-state index >= 15 is 0 Å². The number of carbonyl (C=O) groups is 4.